The quantitative estimate of drug-likeness (QED) is 0.507. The van der Waals surface area contributed by atoms with Gasteiger partial charge in [0.2, 0.25) is 5.88 Å². The van der Waals surface area contributed by atoms with E-state index in [1.807, 2.05) is 24.3 Å². The molecule has 1 amide bonds. The Balaban J connectivity index is 1.54. The first-order valence-electron chi connectivity index (χ1n) is 10.2. The van der Waals surface area contributed by atoms with Crippen LogP contribution in [0.2, 0.25) is 0 Å². The van der Waals surface area contributed by atoms with Gasteiger partial charge < -0.3 is 20.3 Å². The molecule has 0 radical (unpaired) electrons. The topological polar surface area (TPSA) is 66.5 Å². The third-order valence-electron chi connectivity index (χ3n) is 4.93. The van der Waals surface area contributed by atoms with Crippen LogP contribution in [0.4, 0.5) is 15.8 Å². The van der Waals surface area contributed by atoms with E-state index in [-0.39, 0.29) is 11.8 Å². The number of anilines is 2. The Labute approximate surface area is 182 Å². The van der Waals surface area contributed by atoms with Crippen molar-refractivity contribution in [2.45, 2.75) is 19.4 Å². The van der Waals surface area contributed by atoms with Crippen molar-refractivity contribution in [1.29, 1.82) is 0 Å². The molecule has 0 spiro atoms. The van der Waals surface area contributed by atoms with E-state index in [0.29, 0.717) is 23.0 Å². The van der Waals surface area contributed by atoms with Gasteiger partial charge in [-0.1, -0.05) is 6.92 Å². The Morgan fingerprint density at radius 1 is 1.03 bits per heavy atom. The van der Waals surface area contributed by atoms with Gasteiger partial charge in [-0.2, -0.15) is 0 Å². The molecular weight excluding hydrogens is 395 g/mol. The van der Waals surface area contributed by atoms with Crippen LogP contribution in [-0.4, -0.2) is 42.5 Å². The number of ether oxygens (including phenoxy) is 1. The molecule has 0 bridgehead atoms. The molecule has 3 aromatic rings. The van der Waals surface area contributed by atoms with E-state index in [1.54, 1.807) is 24.3 Å². The number of nitrogens with one attached hydrogen (secondary N) is 2. The van der Waals surface area contributed by atoms with Gasteiger partial charge >= 0.3 is 0 Å². The summed E-state index contributed by atoms with van der Waals surface area (Å²) in [6, 6.07) is 17.5. The third kappa shape index (κ3) is 6.52. The normalized spacial score (nSPS) is 11.8. The van der Waals surface area contributed by atoms with Crippen LogP contribution >= 0.6 is 0 Å². The Hall–Kier alpha value is -3.45. The molecule has 1 unspecified atom stereocenters. The number of hydrogen-bond donors (Lipinski definition) is 2. The summed E-state index contributed by atoms with van der Waals surface area (Å²) in [5.41, 5.74) is 2.22. The van der Waals surface area contributed by atoms with Gasteiger partial charge in [-0.15, -0.1) is 0 Å². The summed E-state index contributed by atoms with van der Waals surface area (Å²) in [6.07, 6.45) is 2.15. The summed E-state index contributed by atoms with van der Waals surface area (Å²) in [6.45, 7) is 3.03. The molecule has 0 aliphatic heterocycles. The number of likely N-dealkylation sites (N-methyl/N-ethyl adjacent to an activating group) is 1. The minimum Gasteiger partial charge on any atom is -0.439 e. The second kappa shape index (κ2) is 10.5. The predicted octanol–water partition coefficient (Wildman–Crippen LogP) is 5.02. The lowest BCUT2D eigenvalue weighted by Gasteiger charge is -2.23. The summed E-state index contributed by atoms with van der Waals surface area (Å²) in [5, 5.41) is 6.31. The summed E-state index contributed by atoms with van der Waals surface area (Å²) >= 11 is 0. The largest absolute Gasteiger partial charge is 0.439 e. The standard InChI is InChI=1S/C24H27FN4O2/c1-4-21(29(2)3)16-26-19-8-10-20(11-9-19)28-24(30)17-5-12-22(13-6-17)31-23-14-7-18(25)15-27-23/h5-15,21,26H,4,16H2,1-3H3,(H,28,30). The number of amides is 1. The van der Waals surface area contributed by atoms with Crippen LogP contribution in [0.25, 0.3) is 0 Å². The Bertz CT molecular complexity index is 974. The Morgan fingerprint density at radius 2 is 1.71 bits per heavy atom. The van der Waals surface area contributed by atoms with E-state index in [2.05, 4.69) is 41.5 Å². The van der Waals surface area contributed by atoms with Gasteiger partial charge in [0, 0.05) is 35.6 Å². The Kier molecular flexibility index (Phi) is 7.56. The molecule has 0 saturated carbocycles. The monoisotopic (exact) mass is 422 g/mol. The lowest BCUT2D eigenvalue weighted by molar-refractivity contribution is 0.102. The van der Waals surface area contributed by atoms with Crippen molar-refractivity contribution in [3.8, 4) is 11.6 Å². The number of nitrogens with zero attached hydrogens (tertiary/aromatic N) is 2. The maximum Gasteiger partial charge on any atom is 0.255 e. The fraction of sp³-hybridized carbons (Fsp3) is 0.250. The third-order valence-corrected chi connectivity index (χ3v) is 4.93. The second-order valence-electron chi connectivity index (χ2n) is 7.38. The van der Waals surface area contributed by atoms with E-state index in [4.69, 9.17) is 4.74 Å². The van der Waals surface area contributed by atoms with Crippen LogP contribution < -0.4 is 15.4 Å². The minimum atomic E-state index is -0.429. The average molecular weight is 423 g/mol. The van der Waals surface area contributed by atoms with Gasteiger partial charge in [-0.05, 0) is 75.1 Å². The molecule has 0 aliphatic rings. The van der Waals surface area contributed by atoms with E-state index in [9.17, 15) is 9.18 Å². The van der Waals surface area contributed by atoms with Crippen LogP contribution in [0.1, 0.15) is 23.7 Å². The predicted molar refractivity (Wildman–Crippen MR) is 121 cm³/mol. The molecule has 0 saturated heterocycles. The van der Waals surface area contributed by atoms with Crippen molar-refractivity contribution in [2.24, 2.45) is 0 Å². The highest BCUT2D eigenvalue weighted by molar-refractivity contribution is 6.04. The van der Waals surface area contributed by atoms with Gasteiger partial charge in [0.05, 0.1) is 6.20 Å². The van der Waals surface area contributed by atoms with E-state index in [0.717, 1.165) is 24.8 Å². The van der Waals surface area contributed by atoms with Gasteiger partial charge in [0.15, 0.2) is 0 Å². The first-order chi connectivity index (χ1) is 14.9. The van der Waals surface area contributed by atoms with Crippen molar-refractivity contribution in [3.63, 3.8) is 0 Å². The number of benzene rings is 2. The number of halogens is 1. The van der Waals surface area contributed by atoms with Gasteiger partial charge in [-0.25, -0.2) is 9.37 Å². The maximum absolute atomic E-state index is 12.9. The molecule has 2 N–H and O–H groups in total. The molecule has 0 fully saturated rings. The molecule has 0 aliphatic carbocycles. The van der Waals surface area contributed by atoms with Crippen molar-refractivity contribution < 1.29 is 13.9 Å². The average Bonchev–Trinajstić information content (AvgIpc) is 2.77. The second-order valence-corrected chi connectivity index (χ2v) is 7.38. The van der Waals surface area contributed by atoms with E-state index < -0.39 is 5.82 Å². The van der Waals surface area contributed by atoms with E-state index >= 15 is 0 Å². The molecular formula is C24H27FN4O2. The summed E-state index contributed by atoms with van der Waals surface area (Å²) < 4.78 is 18.5. The first-order valence-corrected chi connectivity index (χ1v) is 10.2. The number of carbonyl (C=O) groups excluding carboxylic acids is 1. The molecule has 1 aromatic heterocycles. The number of pyridine rings is 1. The smallest absolute Gasteiger partial charge is 0.255 e. The van der Waals surface area contributed by atoms with Gasteiger partial charge in [0.1, 0.15) is 11.6 Å². The molecule has 1 atom stereocenters. The molecule has 162 valence electrons. The SMILES string of the molecule is CCC(CNc1ccc(NC(=O)c2ccc(Oc3ccc(F)cn3)cc2)cc1)N(C)C. The zero-order valence-electron chi connectivity index (χ0n) is 17.9. The van der Waals surface area contributed by atoms with Crippen molar-refractivity contribution >= 4 is 17.3 Å². The molecule has 31 heavy (non-hydrogen) atoms. The minimum absolute atomic E-state index is 0.217. The van der Waals surface area contributed by atoms with Crippen LogP contribution in [0.5, 0.6) is 11.6 Å². The molecule has 6 nitrogen and oxygen atoms in total. The summed E-state index contributed by atoms with van der Waals surface area (Å²) in [4.78, 5) is 18.6. The number of aromatic nitrogens is 1. The van der Waals surface area contributed by atoms with Crippen LogP contribution in [0.15, 0.2) is 66.9 Å². The zero-order chi connectivity index (χ0) is 22.2. The van der Waals surface area contributed by atoms with Crippen molar-refractivity contribution in [1.82, 2.24) is 9.88 Å². The number of hydrogen-bond acceptors (Lipinski definition) is 5. The first kappa shape index (κ1) is 22.2. The molecule has 3 rings (SSSR count). The summed E-state index contributed by atoms with van der Waals surface area (Å²) in [7, 11) is 4.15. The number of carbonyl (C=O) groups is 1. The van der Waals surface area contributed by atoms with Gasteiger partial charge in [-0.3, -0.25) is 4.79 Å². The highest BCUT2D eigenvalue weighted by Crippen LogP contribution is 2.21. The summed E-state index contributed by atoms with van der Waals surface area (Å²) in [5.74, 6) is 0.144. The van der Waals surface area contributed by atoms with Crippen molar-refractivity contribution in [2.75, 3.05) is 31.3 Å². The highest BCUT2D eigenvalue weighted by Gasteiger charge is 2.09. The van der Waals surface area contributed by atoms with Crippen LogP contribution in [0.3, 0.4) is 0 Å². The maximum atomic E-state index is 12.9. The Morgan fingerprint density at radius 3 is 2.29 bits per heavy atom. The molecule has 2 aromatic carbocycles. The van der Waals surface area contributed by atoms with Crippen molar-refractivity contribution in [3.05, 3.63) is 78.2 Å². The van der Waals surface area contributed by atoms with Crippen LogP contribution in [-0.2, 0) is 0 Å². The van der Waals surface area contributed by atoms with Gasteiger partial charge in [0.25, 0.3) is 5.91 Å². The molecule has 7 heteroatoms. The highest BCUT2D eigenvalue weighted by atomic mass is 19.1. The van der Waals surface area contributed by atoms with E-state index in [1.165, 1.54) is 12.1 Å². The lowest BCUT2D eigenvalue weighted by atomic mass is 10.2. The fourth-order valence-electron chi connectivity index (χ4n) is 3.02. The van der Waals surface area contributed by atoms with Crippen LogP contribution in [0, 0.1) is 5.82 Å². The molecule has 1 heterocycles. The fourth-order valence-corrected chi connectivity index (χ4v) is 3.02. The lowest BCUT2D eigenvalue weighted by Crippen LogP contribution is -2.33. The number of rotatable bonds is 9. The zero-order valence-corrected chi connectivity index (χ0v) is 17.9.